The molecule has 1 aromatic heterocycles. The molecule has 8 nitrogen and oxygen atoms in total. The van der Waals surface area contributed by atoms with Gasteiger partial charge in [0.05, 0.1) is 17.7 Å². The standard InChI is InChI=1S/C25H18F2N4O4/c1-31-14-22(29-15-31)16-11-24(21(28-13-16)3-2-10-32)35-23-9-6-18(12-20(23)27)30-25(33)34-19-7-4-17(26)5-8-19/h2-9,11-15,28H,1H3,(H,30,33)/b21-3-. The highest BCUT2D eigenvalue weighted by Crippen LogP contribution is 2.28. The van der Waals surface area contributed by atoms with Crippen molar-refractivity contribution in [2.24, 2.45) is 7.05 Å². The van der Waals surface area contributed by atoms with E-state index in [-0.39, 0.29) is 22.9 Å². The molecule has 4 rings (SSSR count). The fraction of sp³-hybridized carbons (Fsp3) is 0.0400. The number of rotatable bonds is 6. The number of halogens is 2. The first kappa shape index (κ1) is 23.2. The van der Waals surface area contributed by atoms with Crippen LogP contribution in [0, 0.1) is 11.6 Å². The lowest BCUT2D eigenvalue weighted by Gasteiger charge is -2.19. The van der Waals surface area contributed by atoms with Gasteiger partial charge in [-0.3, -0.25) is 5.32 Å². The molecule has 35 heavy (non-hydrogen) atoms. The van der Waals surface area contributed by atoms with E-state index in [0.29, 0.717) is 17.0 Å². The van der Waals surface area contributed by atoms with Crippen molar-refractivity contribution in [3.63, 3.8) is 0 Å². The maximum absolute atomic E-state index is 14.8. The lowest BCUT2D eigenvalue weighted by atomic mass is 10.1. The van der Waals surface area contributed by atoms with Crippen LogP contribution in [0.3, 0.4) is 0 Å². The number of hydrogen-bond acceptors (Lipinski definition) is 6. The fourth-order valence-corrected chi connectivity index (χ4v) is 3.06. The summed E-state index contributed by atoms with van der Waals surface area (Å²) in [6, 6.07) is 8.67. The summed E-state index contributed by atoms with van der Waals surface area (Å²) in [6.07, 6.45) is 8.47. The summed E-state index contributed by atoms with van der Waals surface area (Å²) in [5, 5.41) is 5.38. The number of amides is 1. The van der Waals surface area contributed by atoms with E-state index in [4.69, 9.17) is 9.47 Å². The molecule has 2 heterocycles. The Morgan fingerprint density at radius 2 is 2.00 bits per heavy atom. The van der Waals surface area contributed by atoms with Crippen molar-refractivity contribution < 1.29 is 27.8 Å². The number of allylic oxidation sites excluding steroid dienone is 4. The first-order valence-electron chi connectivity index (χ1n) is 10.2. The van der Waals surface area contributed by atoms with Gasteiger partial charge in [-0.15, -0.1) is 0 Å². The lowest BCUT2D eigenvalue weighted by molar-refractivity contribution is 0.215. The summed E-state index contributed by atoms with van der Waals surface area (Å²) in [5.41, 5.74) is 1.85. The van der Waals surface area contributed by atoms with E-state index in [0.717, 1.165) is 24.3 Å². The number of nitrogens with zero attached hydrogens (tertiary/aromatic N) is 2. The fourth-order valence-electron chi connectivity index (χ4n) is 3.06. The van der Waals surface area contributed by atoms with Crippen molar-refractivity contribution in [3.8, 4) is 11.5 Å². The molecule has 176 valence electrons. The third kappa shape index (κ3) is 5.89. The molecular formula is C25H18F2N4O4. The molecule has 10 heteroatoms. The number of carbonyl (C=O) groups is 1. The Balaban J connectivity index is 1.51. The smallest absolute Gasteiger partial charge is 0.417 e. The van der Waals surface area contributed by atoms with E-state index in [9.17, 15) is 18.4 Å². The number of ether oxygens (including phenoxy) is 2. The quantitative estimate of drug-likeness (QED) is 0.510. The minimum absolute atomic E-state index is 0.117. The number of hydrogen-bond donors (Lipinski definition) is 2. The number of benzene rings is 2. The van der Waals surface area contributed by atoms with Gasteiger partial charge in [0, 0.05) is 42.8 Å². The van der Waals surface area contributed by atoms with Crippen LogP contribution in [0.1, 0.15) is 5.69 Å². The van der Waals surface area contributed by atoms with E-state index in [1.165, 1.54) is 30.3 Å². The van der Waals surface area contributed by atoms with Crippen LogP contribution >= 0.6 is 0 Å². The predicted octanol–water partition coefficient (Wildman–Crippen LogP) is 4.49. The molecule has 0 aliphatic carbocycles. The molecule has 0 saturated carbocycles. The summed E-state index contributed by atoms with van der Waals surface area (Å²) >= 11 is 0. The van der Waals surface area contributed by atoms with Crippen LogP contribution in [-0.2, 0) is 11.8 Å². The largest absolute Gasteiger partial charge is 0.452 e. The molecular weight excluding hydrogens is 458 g/mol. The first-order valence-corrected chi connectivity index (χ1v) is 10.2. The van der Waals surface area contributed by atoms with Gasteiger partial charge in [-0.2, -0.15) is 0 Å². The van der Waals surface area contributed by atoms with Gasteiger partial charge in [-0.25, -0.2) is 23.4 Å². The average molecular weight is 476 g/mol. The molecule has 2 N–H and O–H groups in total. The normalized spacial score (nSPS) is 13.7. The number of nitrogens with one attached hydrogen (secondary N) is 2. The topological polar surface area (TPSA) is 94.5 Å². The zero-order valence-corrected chi connectivity index (χ0v) is 18.3. The van der Waals surface area contributed by atoms with Crippen molar-refractivity contribution in [2.45, 2.75) is 0 Å². The highest BCUT2D eigenvalue weighted by Gasteiger charge is 2.18. The van der Waals surface area contributed by atoms with E-state index >= 15 is 0 Å². The van der Waals surface area contributed by atoms with Crippen LogP contribution in [0.25, 0.3) is 5.57 Å². The Kier molecular flexibility index (Phi) is 6.85. The highest BCUT2D eigenvalue weighted by molar-refractivity contribution is 5.86. The minimum Gasteiger partial charge on any atom is -0.452 e. The zero-order chi connectivity index (χ0) is 24.8. The van der Waals surface area contributed by atoms with Crippen LogP contribution in [0.15, 0.2) is 90.9 Å². The molecule has 0 radical (unpaired) electrons. The van der Waals surface area contributed by atoms with Crippen molar-refractivity contribution in [3.05, 3.63) is 108 Å². The van der Waals surface area contributed by atoms with E-state index in [1.54, 1.807) is 35.3 Å². The van der Waals surface area contributed by atoms with Crippen LogP contribution in [0.4, 0.5) is 19.3 Å². The van der Waals surface area contributed by atoms with Gasteiger partial charge in [0.25, 0.3) is 0 Å². The van der Waals surface area contributed by atoms with Crippen molar-refractivity contribution in [1.82, 2.24) is 14.9 Å². The number of imidazole rings is 1. The molecule has 0 bridgehead atoms. The number of aryl methyl sites for hydroxylation is 1. The van der Waals surface area contributed by atoms with E-state index < -0.39 is 17.7 Å². The van der Waals surface area contributed by atoms with Crippen molar-refractivity contribution >= 4 is 23.3 Å². The number of aromatic nitrogens is 2. The number of anilines is 1. The lowest BCUT2D eigenvalue weighted by Crippen LogP contribution is -2.18. The van der Waals surface area contributed by atoms with Crippen LogP contribution < -0.4 is 20.1 Å². The minimum atomic E-state index is -0.875. The molecule has 0 fully saturated rings. The van der Waals surface area contributed by atoms with Crippen LogP contribution in [0.5, 0.6) is 11.5 Å². The third-order valence-corrected chi connectivity index (χ3v) is 4.68. The van der Waals surface area contributed by atoms with Gasteiger partial charge in [-0.05, 0) is 48.6 Å². The molecule has 3 aromatic rings. The maximum Gasteiger partial charge on any atom is 0.417 e. The summed E-state index contributed by atoms with van der Waals surface area (Å²) in [5.74, 6) is 0.649. The Hall–Kier alpha value is -4.95. The average Bonchev–Trinajstić information content (AvgIpc) is 3.27. The van der Waals surface area contributed by atoms with Gasteiger partial charge in [0.2, 0.25) is 0 Å². The molecule has 2 aromatic carbocycles. The summed E-state index contributed by atoms with van der Waals surface area (Å²) in [6.45, 7) is 0. The second kappa shape index (κ2) is 10.3. The maximum atomic E-state index is 14.8. The van der Waals surface area contributed by atoms with Crippen LogP contribution in [0.2, 0.25) is 0 Å². The summed E-state index contributed by atoms with van der Waals surface area (Å²) in [7, 11) is 1.83. The van der Waals surface area contributed by atoms with Gasteiger partial charge in [0.15, 0.2) is 17.3 Å². The highest BCUT2D eigenvalue weighted by atomic mass is 19.1. The Labute approximate surface area is 198 Å². The number of carbonyl (C=O) groups excluding carboxylic acids is 2. The van der Waals surface area contributed by atoms with Gasteiger partial charge >= 0.3 is 6.09 Å². The first-order chi connectivity index (χ1) is 16.9. The summed E-state index contributed by atoms with van der Waals surface area (Å²) < 4.78 is 40.3. The molecule has 0 saturated heterocycles. The molecule has 1 aliphatic rings. The van der Waals surface area contributed by atoms with Gasteiger partial charge in [0.1, 0.15) is 17.5 Å². The molecule has 1 aliphatic heterocycles. The van der Waals surface area contributed by atoms with Crippen molar-refractivity contribution in [2.75, 3.05) is 5.32 Å². The van der Waals surface area contributed by atoms with Crippen molar-refractivity contribution in [1.29, 1.82) is 0 Å². The monoisotopic (exact) mass is 476 g/mol. The summed E-state index contributed by atoms with van der Waals surface area (Å²) in [4.78, 5) is 27.0. The third-order valence-electron chi connectivity index (χ3n) is 4.68. The second-order valence-electron chi connectivity index (χ2n) is 7.26. The Bertz CT molecular complexity index is 1400. The molecule has 0 unspecified atom stereocenters. The van der Waals surface area contributed by atoms with E-state index in [1.807, 2.05) is 7.05 Å². The van der Waals surface area contributed by atoms with Gasteiger partial charge in [-0.1, -0.05) is 0 Å². The van der Waals surface area contributed by atoms with E-state index in [2.05, 4.69) is 15.6 Å². The number of dihydropyridines is 1. The second-order valence-corrected chi connectivity index (χ2v) is 7.26. The zero-order valence-electron chi connectivity index (χ0n) is 18.3. The molecule has 0 spiro atoms. The Morgan fingerprint density at radius 1 is 1.20 bits per heavy atom. The van der Waals surface area contributed by atoms with Gasteiger partial charge < -0.3 is 19.4 Å². The SMILES string of the molecule is Cn1cnc(C2=CN/C(=C\C=C=O)C(Oc3ccc(NC(=O)Oc4ccc(F)cc4)cc3F)=C2)c1. The molecule has 1 amide bonds. The van der Waals surface area contributed by atoms with Crippen LogP contribution in [-0.4, -0.2) is 21.6 Å². The molecule has 0 atom stereocenters. The Morgan fingerprint density at radius 3 is 2.69 bits per heavy atom. The predicted molar refractivity (Wildman–Crippen MR) is 124 cm³/mol.